The van der Waals surface area contributed by atoms with E-state index in [1.807, 2.05) is 43.3 Å². The van der Waals surface area contributed by atoms with Crippen LogP contribution in [0.2, 0.25) is 0 Å². The first kappa shape index (κ1) is 23.3. The number of aryl methyl sites for hydroxylation is 2. The number of rotatable bonds is 7. The van der Waals surface area contributed by atoms with Crippen LogP contribution in [-0.2, 0) is 11.2 Å². The Morgan fingerprint density at radius 3 is 2.56 bits per heavy atom. The molecule has 0 saturated carbocycles. The van der Waals surface area contributed by atoms with Gasteiger partial charge in [-0.05, 0) is 54.3 Å². The highest BCUT2D eigenvalue weighted by molar-refractivity contribution is 7.17. The van der Waals surface area contributed by atoms with E-state index in [1.165, 1.54) is 11.3 Å². The van der Waals surface area contributed by atoms with Crippen LogP contribution in [0.5, 0.6) is 0 Å². The van der Waals surface area contributed by atoms with Crippen LogP contribution in [-0.4, -0.2) is 23.0 Å². The van der Waals surface area contributed by atoms with Gasteiger partial charge in [-0.25, -0.2) is 4.99 Å². The quantitative estimate of drug-likeness (QED) is 0.410. The van der Waals surface area contributed by atoms with Gasteiger partial charge in [-0.1, -0.05) is 42.5 Å². The Morgan fingerprint density at radius 1 is 1.12 bits per heavy atom. The summed E-state index contributed by atoms with van der Waals surface area (Å²) in [6, 6.07) is 18.1. The maximum atomic E-state index is 13.1. The van der Waals surface area contributed by atoms with Gasteiger partial charge in [0.05, 0.1) is 16.3 Å². The summed E-state index contributed by atoms with van der Waals surface area (Å²) in [4.78, 5) is 16.7. The van der Waals surface area contributed by atoms with Crippen molar-refractivity contribution in [3.63, 3.8) is 0 Å². The van der Waals surface area contributed by atoms with Gasteiger partial charge in [-0.2, -0.15) is 13.2 Å². The number of carbonyl (C=O) groups is 1. The van der Waals surface area contributed by atoms with Crippen LogP contribution in [0.4, 0.5) is 18.9 Å². The second-order valence-electron chi connectivity index (χ2n) is 7.14. The molecule has 8 heteroatoms. The molecule has 0 saturated heterocycles. The van der Waals surface area contributed by atoms with E-state index in [0.29, 0.717) is 17.0 Å². The molecule has 3 rings (SSSR count). The Hall–Kier alpha value is -3.39. The van der Waals surface area contributed by atoms with Gasteiger partial charge in [-0.3, -0.25) is 4.79 Å². The molecule has 0 fully saturated rings. The Balaban J connectivity index is 2.00. The molecular weight excluding hydrogens is 437 g/mol. The molecule has 0 aliphatic carbocycles. The van der Waals surface area contributed by atoms with Crippen molar-refractivity contribution in [2.75, 3.05) is 0 Å². The van der Waals surface area contributed by atoms with Gasteiger partial charge in [0.25, 0.3) is 0 Å². The molecule has 32 heavy (non-hydrogen) atoms. The highest BCUT2D eigenvalue weighted by Crippen LogP contribution is 2.32. The molecule has 0 aliphatic heterocycles. The first-order valence-corrected chi connectivity index (χ1v) is 10.5. The van der Waals surface area contributed by atoms with Crippen molar-refractivity contribution in [2.45, 2.75) is 25.9 Å². The summed E-state index contributed by atoms with van der Waals surface area (Å²) >= 11 is 1.29. The molecule has 3 N–H and O–H groups in total. The van der Waals surface area contributed by atoms with E-state index in [1.54, 1.807) is 24.3 Å². The maximum absolute atomic E-state index is 13.1. The minimum absolute atomic E-state index is 0.0217. The molecule has 1 heterocycles. The number of benzene rings is 2. The van der Waals surface area contributed by atoms with Gasteiger partial charge in [0, 0.05) is 11.3 Å². The number of carboxylic acids is 1. The van der Waals surface area contributed by atoms with Crippen molar-refractivity contribution in [3.05, 3.63) is 88.4 Å². The summed E-state index contributed by atoms with van der Waals surface area (Å²) in [7, 11) is 0. The Bertz CT molecular complexity index is 1180. The molecule has 0 radical (unpaired) electrons. The number of aliphatic imine (C=N–C) groups is 1. The molecule has 4 nitrogen and oxygen atoms in total. The lowest BCUT2D eigenvalue weighted by Crippen LogP contribution is -2.20. The lowest BCUT2D eigenvalue weighted by atomic mass is 10.1. The standard InChI is InChI=1S/C24H21F3N2O2S/c1-15-5-2-3-8-18(15)29-19(14-22(28)24(25,26)27)21-11-10-20(32-21)17-7-4-6-16(13-17)9-12-23(30)31/h2-8,10-11,13-14H,9,12,28H2,1H3,(H,30,31). The topological polar surface area (TPSA) is 75.7 Å². The highest BCUT2D eigenvalue weighted by Gasteiger charge is 2.32. The summed E-state index contributed by atoms with van der Waals surface area (Å²) in [6.07, 6.45) is -3.39. The highest BCUT2D eigenvalue weighted by atomic mass is 32.1. The average Bonchev–Trinajstić information content (AvgIpc) is 3.23. The Kier molecular flexibility index (Phi) is 7.15. The number of para-hydroxylation sites is 1. The number of alkyl halides is 3. The smallest absolute Gasteiger partial charge is 0.430 e. The second-order valence-corrected chi connectivity index (χ2v) is 8.22. The van der Waals surface area contributed by atoms with Crippen molar-refractivity contribution in [3.8, 4) is 10.4 Å². The van der Waals surface area contributed by atoms with E-state index in [9.17, 15) is 18.0 Å². The van der Waals surface area contributed by atoms with E-state index in [-0.39, 0.29) is 12.1 Å². The van der Waals surface area contributed by atoms with Crippen LogP contribution >= 0.6 is 11.3 Å². The fraction of sp³-hybridized carbons (Fsp3) is 0.167. The number of halogens is 3. The van der Waals surface area contributed by atoms with Crippen LogP contribution in [0.1, 0.15) is 22.4 Å². The SMILES string of the molecule is Cc1ccccc1N=C(C=C(N)C(F)(F)F)c1ccc(-c2cccc(CCC(=O)O)c2)s1. The third kappa shape index (κ3) is 6.07. The van der Waals surface area contributed by atoms with E-state index < -0.39 is 17.8 Å². The largest absolute Gasteiger partial charge is 0.481 e. The van der Waals surface area contributed by atoms with Gasteiger partial charge < -0.3 is 10.8 Å². The van der Waals surface area contributed by atoms with Crippen LogP contribution in [0, 0.1) is 6.92 Å². The number of hydrogen-bond donors (Lipinski definition) is 2. The molecule has 0 atom stereocenters. The van der Waals surface area contributed by atoms with E-state index >= 15 is 0 Å². The zero-order chi connectivity index (χ0) is 23.3. The summed E-state index contributed by atoms with van der Waals surface area (Å²) in [5, 5.41) is 8.89. The molecule has 1 aromatic heterocycles. The zero-order valence-electron chi connectivity index (χ0n) is 17.2. The summed E-state index contributed by atoms with van der Waals surface area (Å²) in [5.74, 6) is -0.875. The predicted molar refractivity (Wildman–Crippen MR) is 121 cm³/mol. The molecule has 0 unspecified atom stereocenters. The summed E-state index contributed by atoms with van der Waals surface area (Å²) in [6.45, 7) is 1.83. The van der Waals surface area contributed by atoms with Crippen molar-refractivity contribution < 1.29 is 23.1 Å². The van der Waals surface area contributed by atoms with Crippen LogP contribution in [0.25, 0.3) is 10.4 Å². The first-order valence-electron chi connectivity index (χ1n) is 9.73. The van der Waals surface area contributed by atoms with E-state index in [0.717, 1.165) is 27.6 Å². The van der Waals surface area contributed by atoms with Crippen molar-refractivity contribution in [1.29, 1.82) is 0 Å². The van der Waals surface area contributed by atoms with Crippen LogP contribution < -0.4 is 5.73 Å². The monoisotopic (exact) mass is 458 g/mol. The minimum Gasteiger partial charge on any atom is -0.481 e. The normalized spacial score (nSPS) is 12.8. The summed E-state index contributed by atoms with van der Waals surface area (Å²) < 4.78 is 39.3. The van der Waals surface area contributed by atoms with Crippen molar-refractivity contribution in [1.82, 2.24) is 0 Å². The van der Waals surface area contributed by atoms with Gasteiger partial charge >= 0.3 is 12.1 Å². The van der Waals surface area contributed by atoms with Gasteiger partial charge in [0.15, 0.2) is 0 Å². The van der Waals surface area contributed by atoms with Gasteiger partial charge in [-0.15, -0.1) is 11.3 Å². The molecular formula is C24H21F3N2O2S. The number of carboxylic acid groups (broad SMARTS) is 1. The van der Waals surface area contributed by atoms with E-state index in [2.05, 4.69) is 4.99 Å². The number of allylic oxidation sites excluding steroid dienone is 2. The Labute approximate surface area is 187 Å². The van der Waals surface area contributed by atoms with Crippen molar-refractivity contribution in [2.24, 2.45) is 10.7 Å². The Morgan fingerprint density at radius 2 is 1.88 bits per heavy atom. The first-order chi connectivity index (χ1) is 15.1. The lowest BCUT2D eigenvalue weighted by Gasteiger charge is -2.08. The molecule has 0 bridgehead atoms. The molecule has 3 aromatic rings. The van der Waals surface area contributed by atoms with Crippen LogP contribution in [0.15, 0.2) is 77.4 Å². The fourth-order valence-electron chi connectivity index (χ4n) is 2.97. The number of hydrogen-bond acceptors (Lipinski definition) is 4. The van der Waals surface area contributed by atoms with Crippen LogP contribution in [0.3, 0.4) is 0 Å². The lowest BCUT2D eigenvalue weighted by molar-refractivity contribution is -0.136. The number of nitrogens with zero attached hydrogens (tertiary/aromatic N) is 1. The third-order valence-electron chi connectivity index (χ3n) is 4.67. The summed E-state index contributed by atoms with van der Waals surface area (Å²) in [5.41, 5.74) is 7.28. The molecule has 166 valence electrons. The molecule has 0 amide bonds. The third-order valence-corrected chi connectivity index (χ3v) is 5.83. The van der Waals surface area contributed by atoms with Crippen molar-refractivity contribution >= 4 is 28.7 Å². The fourth-order valence-corrected chi connectivity index (χ4v) is 3.93. The van der Waals surface area contributed by atoms with Gasteiger partial charge in [0.1, 0.15) is 5.70 Å². The number of thiophene rings is 1. The average molecular weight is 459 g/mol. The predicted octanol–water partition coefficient (Wildman–Crippen LogP) is 6.27. The molecule has 0 spiro atoms. The molecule has 2 aromatic carbocycles. The zero-order valence-corrected chi connectivity index (χ0v) is 18.0. The number of aliphatic carboxylic acids is 1. The number of nitrogens with two attached hydrogens (primary N) is 1. The second kappa shape index (κ2) is 9.82. The van der Waals surface area contributed by atoms with Gasteiger partial charge in [0.2, 0.25) is 0 Å². The molecule has 0 aliphatic rings. The minimum atomic E-state index is -4.66. The maximum Gasteiger partial charge on any atom is 0.430 e. The van der Waals surface area contributed by atoms with E-state index in [4.69, 9.17) is 10.8 Å².